The van der Waals surface area contributed by atoms with Crippen LogP contribution in [0.3, 0.4) is 0 Å². The number of nitrogens with one attached hydrogen (secondary N) is 1. The van der Waals surface area contributed by atoms with Gasteiger partial charge in [-0.1, -0.05) is 0 Å². The van der Waals surface area contributed by atoms with Crippen molar-refractivity contribution in [1.29, 1.82) is 0 Å². The highest BCUT2D eigenvalue weighted by atomic mass is 16.3. The average molecular weight is 160 g/mol. The van der Waals surface area contributed by atoms with Crippen LogP contribution in [-0.4, -0.2) is 30.2 Å². The number of hydrogen-bond acceptors (Lipinski definition) is 3. The Morgan fingerprint density at radius 2 is 2.36 bits per heavy atom. The van der Waals surface area contributed by atoms with Crippen LogP contribution < -0.4 is 11.1 Å². The molecule has 0 aliphatic carbocycles. The second-order valence-corrected chi connectivity index (χ2v) is 2.55. The van der Waals surface area contributed by atoms with Crippen molar-refractivity contribution >= 4 is 5.91 Å². The Balaban J connectivity index is 3.08. The lowest BCUT2D eigenvalue weighted by atomic mass is 10.2. The SMILES string of the molecule is CC(O)CCCNC(=O)CN. The molecule has 0 aromatic heterocycles. The third-order valence-corrected chi connectivity index (χ3v) is 1.31. The molecule has 0 radical (unpaired) electrons. The molecule has 1 amide bonds. The van der Waals surface area contributed by atoms with Gasteiger partial charge < -0.3 is 16.2 Å². The number of carbonyl (C=O) groups excluding carboxylic acids is 1. The Bertz CT molecular complexity index is 115. The van der Waals surface area contributed by atoms with Gasteiger partial charge in [-0.2, -0.15) is 0 Å². The number of rotatable bonds is 5. The summed E-state index contributed by atoms with van der Waals surface area (Å²) in [6, 6.07) is 0. The molecule has 1 atom stereocenters. The zero-order valence-electron chi connectivity index (χ0n) is 6.84. The first-order valence-electron chi connectivity index (χ1n) is 3.81. The van der Waals surface area contributed by atoms with E-state index in [1.807, 2.05) is 0 Å². The fourth-order valence-electron chi connectivity index (χ4n) is 0.697. The summed E-state index contributed by atoms with van der Waals surface area (Å²) < 4.78 is 0. The molecule has 66 valence electrons. The van der Waals surface area contributed by atoms with Gasteiger partial charge in [-0.15, -0.1) is 0 Å². The van der Waals surface area contributed by atoms with Crippen LogP contribution in [0.1, 0.15) is 19.8 Å². The molecular weight excluding hydrogens is 144 g/mol. The van der Waals surface area contributed by atoms with Crippen LogP contribution in [0.5, 0.6) is 0 Å². The molecule has 0 aromatic carbocycles. The second-order valence-electron chi connectivity index (χ2n) is 2.55. The summed E-state index contributed by atoms with van der Waals surface area (Å²) in [7, 11) is 0. The summed E-state index contributed by atoms with van der Waals surface area (Å²) in [6.07, 6.45) is 1.22. The standard InChI is InChI=1S/C7H16N2O2/c1-6(10)3-2-4-9-7(11)5-8/h6,10H,2-5,8H2,1H3,(H,9,11). The minimum Gasteiger partial charge on any atom is -0.393 e. The highest BCUT2D eigenvalue weighted by Crippen LogP contribution is 1.92. The van der Waals surface area contributed by atoms with E-state index in [9.17, 15) is 4.79 Å². The van der Waals surface area contributed by atoms with Gasteiger partial charge in [-0.3, -0.25) is 4.79 Å². The highest BCUT2D eigenvalue weighted by Gasteiger charge is 1.97. The van der Waals surface area contributed by atoms with Gasteiger partial charge in [-0.05, 0) is 19.8 Å². The maximum absolute atomic E-state index is 10.6. The molecule has 0 aromatic rings. The predicted molar refractivity (Wildman–Crippen MR) is 43.0 cm³/mol. The lowest BCUT2D eigenvalue weighted by Crippen LogP contribution is -2.31. The summed E-state index contributed by atoms with van der Waals surface area (Å²) >= 11 is 0. The van der Waals surface area contributed by atoms with Crippen LogP contribution in [0.15, 0.2) is 0 Å². The first-order valence-corrected chi connectivity index (χ1v) is 3.81. The zero-order valence-corrected chi connectivity index (χ0v) is 6.84. The largest absolute Gasteiger partial charge is 0.393 e. The van der Waals surface area contributed by atoms with E-state index in [0.717, 1.165) is 6.42 Å². The van der Waals surface area contributed by atoms with Gasteiger partial charge >= 0.3 is 0 Å². The van der Waals surface area contributed by atoms with E-state index in [1.165, 1.54) is 0 Å². The van der Waals surface area contributed by atoms with Gasteiger partial charge in [-0.25, -0.2) is 0 Å². The smallest absolute Gasteiger partial charge is 0.233 e. The van der Waals surface area contributed by atoms with Crippen LogP contribution in [0.2, 0.25) is 0 Å². The molecular formula is C7H16N2O2. The van der Waals surface area contributed by atoms with Crippen LogP contribution in [0.4, 0.5) is 0 Å². The van der Waals surface area contributed by atoms with Crippen molar-refractivity contribution in [3.8, 4) is 0 Å². The summed E-state index contributed by atoms with van der Waals surface area (Å²) in [6.45, 7) is 2.36. The number of nitrogens with two attached hydrogens (primary N) is 1. The van der Waals surface area contributed by atoms with Crippen LogP contribution in [0.25, 0.3) is 0 Å². The third-order valence-electron chi connectivity index (χ3n) is 1.31. The molecule has 4 N–H and O–H groups in total. The normalized spacial score (nSPS) is 12.6. The maximum Gasteiger partial charge on any atom is 0.233 e. The lowest BCUT2D eigenvalue weighted by Gasteiger charge is -2.04. The Morgan fingerprint density at radius 1 is 1.73 bits per heavy atom. The fraction of sp³-hybridized carbons (Fsp3) is 0.857. The molecule has 4 heteroatoms. The zero-order chi connectivity index (χ0) is 8.69. The minimum atomic E-state index is -0.287. The van der Waals surface area contributed by atoms with E-state index in [-0.39, 0.29) is 18.6 Å². The molecule has 0 saturated heterocycles. The molecule has 0 aliphatic heterocycles. The molecule has 11 heavy (non-hydrogen) atoms. The average Bonchev–Trinajstić information content (AvgIpc) is 1.97. The van der Waals surface area contributed by atoms with Crippen molar-refractivity contribution in [2.24, 2.45) is 5.73 Å². The fourth-order valence-corrected chi connectivity index (χ4v) is 0.697. The van der Waals surface area contributed by atoms with Crippen LogP contribution in [0, 0.1) is 0 Å². The summed E-state index contributed by atoms with van der Waals surface area (Å²) in [5.41, 5.74) is 5.05. The summed E-state index contributed by atoms with van der Waals surface area (Å²) in [4.78, 5) is 10.6. The molecule has 0 heterocycles. The van der Waals surface area contributed by atoms with Gasteiger partial charge in [0.2, 0.25) is 5.91 Å². The molecule has 1 unspecified atom stereocenters. The number of aliphatic hydroxyl groups is 1. The van der Waals surface area contributed by atoms with E-state index >= 15 is 0 Å². The lowest BCUT2D eigenvalue weighted by molar-refractivity contribution is -0.119. The van der Waals surface area contributed by atoms with Crippen molar-refractivity contribution in [2.75, 3.05) is 13.1 Å². The number of hydrogen-bond donors (Lipinski definition) is 3. The molecule has 0 aliphatic rings. The maximum atomic E-state index is 10.6. The van der Waals surface area contributed by atoms with Crippen molar-refractivity contribution in [3.63, 3.8) is 0 Å². The Morgan fingerprint density at radius 3 is 2.82 bits per heavy atom. The number of aliphatic hydroxyl groups excluding tert-OH is 1. The van der Waals surface area contributed by atoms with E-state index < -0.39 is 0 Å². The molecule has 0 fully saturated rings. The molecule has 4 nitrogen and oxygen atoms in total. The van der Waals surface area contributed by atoms with Crippen molar-refractivity contribution in [2.45, 2.75) is 25.9 Å². The van der Waals surface area contributed by atoms with E-state index in [2.05, 4.69) is 5.32 Å². The minimum absolute atomic E-state index is 0.0364. The van der Waals surface area contributed by atoms with Gasteiger partial charge in [0.15, 0.2) is 0 Å². The topological polar surface area (TPSA) is 75.3 Å². The first kappa shape index (κ1) is 10.4. The Hall–Kier alpha value is -0.610. The van der Waals surface area contributed by atoms with E-state index in [0.29, 0.717) is 13.0 Å². The Kier molecular flexibility index (Phi) is 5.78. The molecule has 0 rings (SSSR count). The molecule has 0 spiro atoms. The predicted octanol–water partition coefficient (Wildman–Crippen LogP) is -0.778. The first-order chi connectivity index (χ1) is 5.16. The van der Waals surface area contributed by atoms with Crippen molar-refractivity contribution < 1.29 is 9.90 Å². The number of carbonyl (C=O) groups is 1. The number of amides is 1. The van der Waals surface area contributed by atoms with Crippen LogP contribution in [-0.2, 0) is 4.79 Å². The highest BCUT2D eigenvalue weighted by molar-refractivity contribution is 5.77. The summed E-state index contributed by atoms with van der Waals surface area (Å²) in [5.74, 6) is -0.143. The second kappa shape index (κ2) is 6.12. The monoisotopic (exact) mass is 160 g/mol. The Labute approximate surface area is 66.8 Å². The van der Waals surface area contributed by atoms with E-state index in [4.69, 9.17) is 10.8 Å². The quantitative estimate of drug-likeness (QED) is 0.462. The van der Waals surface area contributed by atoms with Crippen molar-refractivity contribution in [1.82, 2.24) is 5.32 Å². The van der Waals surface area contributed by atoms with Gasteiger partial charge in [0.25, 0.3) is 0 Å². The summed E-state index contributed by atoms with van der Waals surface area (Å²) in [5, 5.41) is 11.5. The van der Waals surface area contributed by atoms with Gasteiger partial charge in [0, 0.05) is 6.54 Å². The van der Waals surface area contributed by atoms with Crippen molar-refractivity contribution in [3.05, 3.63) is 0 Å². The third kappa shape index (κ3) is 7.29. The molecule has 0 bridgehead atoms. The van der Waals surface area contributed by atoms with E-state index in [1.54, 1.807) is 6.92 Å². The molecule has 0 saturated carbocycles. The van der Waals surface area contributed by atoms with Gasteiger partial charge in [0.05, 0.1) is 12.6 Å². The van der Waals surface area contributed by atoms with Gasteiger partial charge in [0.1, 0.15) is 0 Å². The van der Waals surface area contributed by atoms with Crippen LogP contribution >= 0.6 is 0 Å².